The highest BCUT2D eigenvalue weighted by Gasteiger charge is 2.22. The molecule has 2 aromatic heterocycles. The molecule has 1 aliphatic heterocycles. The molecule has 0 radical (unpaired) electrons. The monoisotopic (exact) mass is 337 g/mol. The maximum Gasteiger partial charge on any atom is 0.235 e. The number of hydrogen-bond acceptors (Lipinski definition) is 3. The zero-order valence-electron chi connectivity index (χ0n) is 13.9. The maximum absolute atomic E-state index is 13.8. The highest BCUT2D eigenvalue weighted by atomic mass is 19.1. The summed E-state index contributed by atoms with van der Waals surface area (Å²) in [5.41, 5.74) is 2.79. The van der Waals surface area contributed by atoms with E-state index >= 15 is 0 Å². The van der Waals surface area contributed by atoms with Crippen molar-refractivity contribution in [2.45, 2.75) is 25.2 Å². The van der Waals surface area contributed by atoms with Crippen LogP contribution in [0.3, 0.4) is 0 Å². The summed E-state index contributed by atoms with van der Waals surface area (Å²) in [4.78, 5) is 16.8. The first-order valence-corrected chi connectivity index (χ1v) is 8.66. The summed E-state index contributed by atoms with van der Waals surface area (Å²) in [6.45, 7) is 1.91. The molecular formula is C20H20FN3O. The molecule has 1 saturated heterocycles. The molecule has 4 rings (SSSR count). The molecule has 0 amide bonds. The third-order valence-corrected chi connectivity index (χ3v) is 4.95. The Morgan fingerprint density at radius 1 is 1.20 bits per heavy atom. The van der Waals surface area contributed by atoms with Crippen molar-refractivity contribution in [3.05, 3.63) is 65.9 Å². The molecule has 0 atom stereocenters. The Morgan fingerprint density at radius 3 is 2.72 bits per heavy atom. The van der Waals surface area contributed by atoms with E-state index in [9.17, 15) is 9.18 Å². The molecule has 0 unspecified atom stereocenters. The van der Waals surface area contributed by atoms with E-state index in [1.54, 1.807) is 29.1 Å². The molecule has 1 N–H and O–H groups in total. The van der Waals surface area contributed by atoms with Crippen molar-refractivity contribution in [2.24, 2.45) is 0 Å². The van der Waals surface area contributed by atoms with E-state index in [1.165, 1.54) is 6.07 Å². The van der Waals surface area contributed by atoms with Crippen LogP contribution in [0, 0.1) is 5.82 Å². The third-order valence-electron chi connectivity index (χ3n) is 4.95. The van der Waals surface area contributed by atoms with E-state index in [1.807, 2.05) is 18.3 Å². The number of carbonyl (C=O) groups excluding carboxylic acids is 1. The van der Waals surface area contributed by atoms with Gasteiger partial charge in [-0.05, 0) is 73.3 Å². The Bertz CT molecular complexity index is 898. The molecule has 25 heavy (non-hydrogen) atoms. The standard InChI is InChI=1S/C20H20FN3O/c21-16-1-2-19-17(12-16)18(15-5-9-23-10-6-15)13-24(19)20(25)11-14-3-7-22-8-4-14/h1-4,7-8,12-13,15,23H,5-6,9-11H2. The minimum absolute atomic E-state index is 0.0111. The van der Waals surface area contributed by atoms with Gasteiger partial charge in [-0.2, -0.15) is 0 Å². The van der Waals surface area contributed by atoms with Crippen LogP contribution in [0.1, 0.15) is 34.7 Å². The van der Waals surface area contributed by atoms with Gasteiger partial charge in [-0.15, -0.1) is 0 Å². The molecule has 0 saturated carbocycles. The molecule has 0 bridgehead atoms. The van der Waals surface area contributed by atoms with Crippen molar-refractivity contribution in [3.8, 4) is 0 Å². The predicted octanol–water partition coefficient (Wildman–Crippen LogP) is 3.53. The first-order chi connectivity index (χ1) is 12.2. The van der Waals surface area contributed by atoms with Crippen LogP contribution in [0.4, 0.5) is 4.39 Å². The number of rotatable bonds is 3. The smallest absolute Gasteiger partial charge is 0.235 e. The molecule has 1 aliphatic rings. The first kappa shape index (κ1) is 16.0. The second-order valence-electron chi connectivity index (χ2n) is 6.57. The van der Waals surface area contributed by atoms with Gasteiger partial charge in [-0.25, -0.2) is 4.39 Å². The minimum atomic E-state index is -0.262. The fourth-order valence-electron chi connectivity index (χ4n) is 3.65. The van der Waals surface area contributed by atoms with Crippen molar-refractivity contribution < 1.29 is 9.18 Å². The van der Waals surface area contributed by atoms with E-state index in [0.717, 1.165) is 48.0 Å². The van der Waals surface area contributed by atoms with Crippen molar-refractivity contribution in [2.75, 3.05) is 13.1 Å². The highest BCUT2D eigenvalue weighted by molar-refractivity contribution is 5.95. The Kier molecular flexibility index (Phi) is 4.32. The predicted molar refractivity (Wildman–Crippen MR) is 95.3 cm³/mol. The molecule has 0 spiro atoms. The second kappa shape index (κ2) is 6.76. The van der Waals surface area contributed by atoms with Gasteiger partial charge in [-0.3, -0.25) is 14.3 Å². The summed E-state index contributed by atoms with van der Waals surface area (Å²) in [6, 6.07) is 8.38. The van der Waals surface area contributed by atoms with Gasteiger partial charge in [0.2, 0.25) is 5.91 Å². The normalized spacial score (nSPS) is 15.6. The SMILES string of the molecule is O=C(Cc1ccncc1)n1cc(C2CCNCC2)c2cc(F)ccc21. The van der Waals surface area contributed by atoms with E-state index < -0.39 is 0 Å². The Hall–Kier alpha value is -2.53. The van der Waals surface area contributed by atoms with Crippen molar-refractivity contribution in [1.29, 1.82) is 0 Å². The molecule has 5 heteroatoms. The number of nitrogens with zero attached hydrogens (tertiary/aromatic N) is 2. The molecule has 1 aromatic carbocycles. The number of aromatic nitrogens is 2. The van der Waals surface area contributed by atoms with E-state index in [0.29, 0.717) is 12.3 Å². The Labute approximate surface area is 145 Å². The average Bonchev–Trinajstić information content (AvgIpc) is 3.02. The van der Waals surface area contributed by atoms with Crippen molar-refractivity contribution in [3.63, 3.8) is 0 Å². The summed E-state index contributed by atoms with van der Waals surface area (Å²) in [5, 5.41) is 4.21. The van der Waals surface area contributed by atoms with E-state index in [2.05, 4.69) is 10.3 Å². The summed E-state index contributed by atoms with van der Waals surface area (Å²) in [5.74, 6) is 0.0885. The van der Waals surface area contributed by atoms with Crippen LogP contribution in [-0.4, -0.2) is 28.5 Å². The fraction of sp³-hybridized carbons (Fsp3) is 0.300. The third kappa shape index (κ3) is 3.20. The van der Waals surface area contributed by atoms with Gasteiger partial charge in [0, 0.05) is 24.0 Å². The molecule has 4 nitrogen and oxygen atoms in total. The van der Waals surface area contributed by atoms with Crippen LogP contribution >= 0.6 is 0 Å². The minimum Gasteiger partial charge on any atom is -0.317 e. The number of benzene rings is 1. The molecule has 3 heterocycles. The highest BCUT2D eigenvalue weighted by Crippen LogP contribution is 2.33. The molecular weight excluding hydrogens is 317 g/mol. The zero-order valence-corrected chi connectivity index (χ0v) is 13.9. The largest absolute Gasteiger partial charge is 0.317 e. The maximum atomic E-state index is 13.8. The number of pyridine rings is 1. The summed E-state index contributed by atoms with van der Waals surface area (Å²) < 4.78 is 15.5. The topological polar surface area (TPSA) is 46.9 Å². The molecule has 3 aromatic rings. The summed E-state index contributed by atoms with van der Waals surface area (Å²) >= 11 is 0. The lowest BCUT2D eigenvalue weighted by Gasteiger charge is -2.22. The van der Waals surface area contributed by atoms with Gasteiger partial charge in [-0.1, -0.05) is 0 Å². The lowest BCUT2D eigenvalue weighted by atomic mass is 9.90. The van der Waals surface area contributed by atoms with Gasteiger partial charge in [0.05, 0.1) is 11.9 Å². The average molecular weight is 337 g/mol. The van der Waals surface area contributed by atoms with Gasteiger partial charge >= 0.3 is 0 Å². The molecule has 1 fully saturated rings. The fourth-order valence-corrected chi connectivity index (χ4v) is 3.65. The number of piperidine rings is 1. The number of hydrogen-bond donors (Lipinski definition) is 1. The first-order valence-electron chi connectivity index (χ1n) is 8.66. The van der Waals surface area contributed by atoms with Gasteiger partial charge in [0.1, 0.15) is 5.82 Å². The number of halogens is 1. The summed E-state index contributed by atoms with van der Waals surface area (Å²) in [6.07, 6.45) is 7.61. The second-order valence-corrected chi connectivity index (χ2v) is 6.57. The van der Waals surface area contributed by atoms with Gasteiger partial charge in [0.25, 0.3) is 0 Å². The quantitative estimate of drug-likeness (QED) is 0.795. The van der Waals surface area contributed by atoms with Crippen molar-refractivity contribution >= 4 is 16.8 Å². The van der Waals surface area contributed by atoms with Gasteiger partial charge in [0.15, 0.2) is 0 Å². The zero-order chi connectivity index (χ0) is 17.2. The van der Waals surface area contributed by atoms with Gasteiger partial charge < -0.3 is 5.32 Å². The Balaban J connectivity index is 1.74. The van der Waals surface area contributed by atoms with Crippen LogP contribution in [-0.2, 0) is 6.42 Å². The Morgan fingerprint density at radius 2 is 1.96 bits per heavy atom. The lowest BCUT2D eigenvalue weighted by molar-refractivity contribution is 0.0919. The molecule has 128 valence electrons. The van der Waals surface area contributed by atoms with Crippen molar-refractivity contribution in [1.82, 2.24) is 14.9 Å². The lowest BCUT2D eigenvalue weighted by Crippen LogP contribution is -2.26. The van der Waals surface area contributed by atoms with E-state index in [4.69, 9.17) is 0 Å². The van der Waals surface area contributed by atoms with Crippen LogP contribution in [0.25, 0.3) is 10.9 Å². The van der Waals surface area contributed by atoms with Crippen LogP contribution in [0.2, 0.25) is 0 Å². The molecule has 0 aliphatic carbocycles. The van der Waals surface area contributed by atoms with Crippen LogP contribution < -0.4 is 5.32 Å². The number of fused-ring (bicyclic) bond motifs is 1. The van der Waals surface area contributed by atoms with Crippen LogP contribution in [0.5, 0.6) is 0 Å². The summed E-state index contributed by atoms with van der Waals surface area (Å²) in [7, 11) is 0. The number of nitrogens with one attached hydrogen (secondary N) is 1. The van der Waals surface area contributed by atoms with E-state index in [-0.39, 0.29) is 11.7 Å². The number of carbonyl (C=O) groups is 1. The van der Waals surface area contributed by atoms with Crippen LogP contribution in [0.15, 0.2) is 48.9 Å².